The molecule has 0 fully saturated rings. The molecule has 0 amide bonds. The van der Waals surface area contributed by atoms with Gasteiger partial charge in [-0.05, 0) is 17.6 Å². The Hall–Kier alpha value is -7.56. The average molecular weight is 1510 g/mol. The first kappa shape index (κ1) is 75.8. The number of thiazole rings is 2. The van der Waals surface area contributed by atoms with E-state index in [9.17, 15) is 86.1 Å². The number of oxazole rings is 2. The van der Waals surface area contributed by atoms with E-state index >= 15 is 0 Å². The molecule has 0 aliphatic heterocycles. The van der Waals surface area contributed by atoms with Crippen molar-refractivity contribution in [2.75, 3.05) is 0 Å². The predicted octanol–water partition coefficient (Wildman–Crippen LogP) is -1.07. The molecule has 12 aromatic heterocycles. The van der Waals surface area contributed by atoms with Crippen molar-refractivity contribution in [2.24, 2.45) is 0 Å². The van der Waals surface area contributed by atoms with Gasteiger partial charge in [0.2, 0.25) is 23.2 Å². The summed E-state index contributed by atoms with van der Waals surface area (Å²) in [4.78, 5) is 153. The van der Waals surface area contributed by atoms with Crippen molar-refractivity contribution in [3.8, 4) is 67.1 Å². The lowest BCUT2D eigenvalue weighted by molar-refractivity contribution is -0.344. The molecule has 12 aromatic rings. The van der Waals surface area contributed by atoms with Gasteiger partial charge in [0.05, 0.1) is 152 Å². The van der Waals surface area contributed by atoms with Crippen molar-refractivity contribution in [1.82, 2.24) is 70.0 Å². The molecule has 96 heavy (non-hydrogen) atoms. The first-order valence-corrected chi connectivity index (χ1v) is 35.8. The van der Waals surface area contributed by atoms with E-state index in [-0.39, 0.29) is 43.8 Å². The van der Waals surface area contributed by atoms with Crippen LogP contribution >= 0.6 is 81.1 Å². The van der Waals surface area contributed by atoms with Crippen LogP contribution < -0.4 is 58.7 Å². The second kappa shape index (κ2) is 35.1. The number of nitrogens with zero attached hydrogens (tertiary/aromatic N) is 12. The van der Waals surface area contributed by atoms with Crippen LogP contribution in [0.15, 0.2) is 141 Å². The van der Waals surface area contributed by atoms with Gasteiger partial charge in [-0.15, -0.1) is 22.7 Å². The molecular formula is C42H32N14O31P6S3-12. The highest BCUT2D eigenvalue weighted by atomic mass is 32.1. The van der Waals surface area contributed by atoms with Gasteiger partial charge in [0.15, 0.2) is 38.9 Å². The standard InChI is InChI=1S/2C7H8N3O5P.C7H7N2O6P.3C7H7N2O5PS/c2*11-16(12,13)14-4-5-3-8-7(10-5)6-1-2-9-15-6;10-16(11,12)14-4-5-3-13-7(9-5)6-1-2-8-15-6;10-15(11,12)13-4-5-3-8-7(16-5)6-1-2-9-14-6;10-15(11,12)13-4-5-3-8-7(14-5)6-1-2-9-16-6;10-15(11,12)13-3-5-4-16-7(9-5)6-1-2-8-14-6/h2*1-3H,4H2,(H,8,10)(H2,11,12,13);3*1-3H,4H2,(H2,10,11,12);1-2,4H,3H2,(H2,10,11,12)/p-12. The molecule has 0 aliphatic carbocycles. The van der Waals surface area contributed by atoms with E-state index in [1.165, 1.54) is 84.7 Å². The summed E-state index contributed by atoms with van der Waals surface area (Å²) in [5.74, 6) is 3.40. The molecule has 12 rings (SSSR count). The van der Waals surface area contributed by atoms with Gasteiger partial charge in [0.1, 0.15) is 23.4 Å². The fourth-order valence-electron chi connectivity index (χ4n) is 5.92. The maximum Gasteiger partial charge on any atom is 0.266 e. The highest BCUT2D eigenvalue weighted by Crippen LogP contribution is 2.34. The van der Waals surface area contributed by atoms with Crippen LogP contribution in [0.3, 0.4) is 0 Å². The molecule has 0 bridgehead atoms. The predicted molar refractivity (Wildman–Crippen MR) is 287 cm³/mol. The van der Waals surface area contributed by atoms with Crippen LogP contribution in [-0.4, -0.2) is 70.0 Å². The minimum atomic E-state index is -5.00. The van der Waals surface area contributed by atoms with Crippen molar-refractivity contribution < 1.29 is 145 Å². The molecule has 516 valence electrons. The van der Waals surface area contributed by atoms with Crippen LogP contribution in [0.5, 0.6) is 0 Å². The van der Waals surface area contributed by atoms with Crippen LogP contribution in [-0.2, 0) is 94.2 Å². The van der Waals surface area contributed by atoms with Crippen LogP contribution in [0, 0.1) is 0 Å². The summed E-state index contributed by atoms with van der Waals surface area (Å²) in [7, 11) is -29.8. The number of aromatic amines is 2. The minimum Gasteiger partial charge on any atom is -0.790 e. The maximum absolute atomic E-state index is 10.2. The minimum absolute atomic E-state index is 0.128. The van der Waals surface area contributed by atoms with Gasteiger partial charge in [0, 0.05) is 48.1 Å². The highest BCUT2D eigenvalue weighted by molar-refractivity contribution is 7.44. The molecule has 0 aromatic carbocycles. The Morgan fingerprint density at radius 1 is 0.427 bits per heavy atom. The average Bonchev–Trinajstić information content (AvgIpc) is 2.21. The zero-order chi connectivity index (χ0) is 69.6. The van der Waals surface area contributed by atoms with Crippen molar-refractivity contribution >= 4 is 81.1 Å². The molecule has 2 N–H and O–H groups in total. The lowest BCUT2D eigenvalue weighted by atomic mass is 10.4. The monoisotopic (exact) mass is 1510 g/mol. The third kappa shape index (κ3) is 28.6. The van der Waals surface area contributed by atoms with Crippen molar-refractivity contribution in [3.05, 3.63) is 143 Å². The van der Waals surface area contributed by atoms with Gasteiger partial charge < -0.3 is 155 Å². The second-order valence-corrected chi connectivity index (χ2v) is 26.4. The largest absolute Gasteiger partial charge is 0.790 e. The summed E-state index contributed by atoms with van der Waals surface area (Å²) >= 11 is 3.59. The van der Waals surface area contributed by atoms with E-state index in [1.54, 1.807) is 41.9 Å². The molecule has 0 aliphatic rings. The van der Waals surface area contributed by atoms with Crippen LogP contribution in [0.1, 0.15) is 33.4 Å². The molecule has 0 saturated heterocycles. The SMILES string of the molecule is O=P([O-])([O-])OCc1cnc(-c2ccno2)[nH]1.O=P([O-])([O-])OCc1cnc(-c2ccno2)[nH]1.O=P([O-])([O-])OCc1cnc(-c2ccno2)s1.O=P([O-])([O-])OCc1cnc(-c2ccns2)o1.O=P([O-])([O-])OCc1coc(-c2ccno2)n1.O=P([O-])([O-])OCc1csc(-c2ccno2)n1. The number of nitrogens with one attached hydrogen (secondary N) is 2. The number of rotatable bonds is 24. The molecule has 45 nitrogen and oxygen atoms in total. The Balaban J connectivity index is 0.000000163. The number of phosphoric ester groups is 6. The molecule has 0 atom stereocenters. The summed E-state index contributed by atoms with van der Waals surface area (Å²) < 4.78 is 124. The van der Waals surface area contributed by atoms with Crippen molar-refractivity contribution in [3.63, 3.8) is 0 Å². The first-order valence-electron chi connectivity index (χ1n) is 24.6. The quantitative estimate of drug-likeness (QED) is 0.0680. The third-order valence-corrected chi connectivity index (χ3v) is 14.9. The van der Waals surface area contributed by atoms with Gasteiger partial charge in [-0.1, -0.05) is 25.8 Å². The van der Waals surface area contributed by atoms with E-state index in [0.29, 0.717) is 83.2 Å². The number of aromatic nitrogens is 14. The van der Waals surface area contributed by atoms with E-state index in [4.69, 9.17) is 31.4 Å². The van der Waals surface area contributed by atoms with Gasteiger partial charge in [-0.25, -0.2) is 34.3 Å². The number of phosphoric acid groups is 6. The molecule has 0 spiro atoms. The van der Waals surface area contributed by atoms with E-state index in [2.05, 4.69) is 97.2 Å². The maximum atomic E-state index is 10.2. The fourth-order valence-corrected chi connectivity index (χ4v) is 9.84. The Morgan fingerprint density at radius 3 is 1.34 bits per heavy atom. The molecule has 12 heterocycles. The van der Waals surface area contributed by atoms with E-state index in [1.807, 2.05) is 0 Å². The Kier molecular flexibility index (Phi) is 27.7. The number of hydrogen-bond acceptors (Lipinski definition) is 46. The van der Waals surface area contributed by atoms with E-state index in [0.717, 1.165) is 17.6 Å². The van der Waals surface area contributed by atoms with Crippen molar-refractivity contribution in [1.29, 1.82) is 0 Å². The smallest absolute Gasteiger partial charge is 0.266 e. The molecule has 54 heteroatoms. The van der Waals surface area contributed by atoms with E-state index < -0.39 is 60.1 Å². The summed E-state index contributed by atoms with van der Waals surface area (Å²) in [5.41, 5.74) is 1.21. The number of hydrogen-bond donors (Lipinski definition) is 2. The second-order valence-electron chi connectivity index (χ2n) is 16.6. The topological polar surface area (TPSA) is 713 Å². The summed E-state index contributed by atoms with van der Waals surface area (Å²) in [6.45, 7) is -2.36. The van der Waals surface area contributed by atoms with Gasteiger partial charge in [-0.2, -0.15) is 0 Å². The van der Waals surface area contributed by atoms with Crippen LogP contribution in [0.2, 0.25) is 0 Å². The van der Waals surface area contributed by atoms with Gasteiger partial charge >= 0.3 is 0 Å². The molecule has 0 unspecified atom stereocenters. The first-order chi connectivity index (χ1) is 45.3. The zero-order valence-corrected chi connectivity index (χ0v) is 54.4. The third-order valence-electron chi connectivity index (χ3n) is 9.63. The number of imidazole rings is 2. The van der Waals surface area contributed by atoms with Gasteiger partial charge in [0.25, 0.3) is 5.89 Å². The molecule has 0 radical (unpaired) electrons. The Labute approximate surface area is 543 Å². The van der Waals surface area contributed by atoms with Crippen molar-refractivity contribution in [2.45, 2.75) is 39.6 Å². The van der Waals surface area contributed by atoms with Crippen LogP contribution in [0.25, 0.3) is 67.1 Å². The molecule has 0 saturated carbocycles. The summed E-state index contributed by atoms with van der Waals surface area (Å²) in [6, 6.07) is 9.62. The fraction of sp³-hybridized carbons (Fsp3) is 0.143. The lowest BCUT2D eigenvalue weighted by Gasteiger charge is -2.28. The number of H-pyrrole nitrogens is 2. The Bertz CT molecular complexity index is 3750. The summed E-state index contributed by atoms with van der Waals surface area (Å²) in [6.07, 6.45) is 15.4. The normalized spacial score (nSPS) is 11.9. The van der Waals surface area contributed by atoms with Gasteiger partial charge in [-0.3, -0.25) is 0 Å². The zero-order valence-electron chi connectivity index (χ0n) is 46.6. The van der Waals surface area contributed by atoms with Crippen LogP contribution in [0.4, 0.5) is 0 Å². The Morgan fingerprint density at radius 2 is 0.875 bits per heavy atom. The lowest BCUT2D eigenvalue weighted by Crippen LogP contribution is -2.16. The summed E-state index contributed by atoms with van der Waals surface area (Å²) in [5, 5.41) is 20.1. The molecular weight excluding hydrogens is 1480 g/mol. The highest BCUT2D eigenvalue weighted by Gasteiger charge is 2.14.